The molecule has 2 aliphatic rings. The van der Waals surface area contributed by atoms with Crippen molar-refractivity contribution in [2.75, 3.05) is 18.5 Å². The van der Waals surface area contributed by atoms with Crippen molar-refractivity contribution >= 4 is 24.0 Å². The number of carbonyl (C=O) groups is 1. The first-order valence-electron chi connectivity index (χ1n) is 7.56. The lowest BCUT2D eigenvalue weighted by Crippen LogP contribution is -2.27. The average molecular weight is 311 g/mol. The van der Waals surface area contributed by atoms with Crippen LogP contribution in [0.1, 0.15) is 32.1 Å². The summed E-state index contributed by atoms with van der Waals surface area (Å²) in [7, 11) is 0. The van der Waals surface area contributed by atoms with Crippen LogP contribution in [-0.2, 0) is 4.79 Å². The molecule has 2 fully saturated rings. The third-order valence-corrected chi connectivity index (χ3v) is 3.93. The van der Waals surface area contributed by atoms with E-state index in [1.165, 1.54) is 19.3 Å². The molecule has 3 rings (SSSR count). The molecule has 0 bridgehead atoms. The second kappa shape index (κ2) is 7.66. The van der Waals surface area contributed by atoms with E-state index in [2.05, 4.69) is 10.6 Å². The highest BCUT2D eigenvalue weighted by atomic mass is 35.5. The number of hydrogen-bond acceptors (Lipinski definition) is 3. The lowest BCUT2D eigenvalue weighted by atomic mass is 10.1. The molecule has 4 nitrogen and oxygen atoms in total. The highest BCUT2D eigenvalue weighted by molar-refractivity contribution is 5.92. The molecule has 1 unspecified atom stereocenters. The van der Waals surface area contributed by atoms with Gasteiger partial charge in [-0.05, 0) is 50.3 Å². The Balaban J connectivity index is 0.00000161. The zero-order valence-corrected chi connectivity index (χ0v) is 13.0. The van der Waals surface area contributed by atoms with Crippen LogP contribution in [0.15, 0.2) is 24.3 Å². The van der Waals surface area contributed by atoms with Gasteiger partial charge in [0.15, 0.2) is 0 Å². The number of halogens is 1. The van der Waals surface area contributed by atoms with Gasteiger partial charge in [-0.2, -0.15) is 0 Å². The van der Waals surface area contributed by atoms with Crippen LogP contribution in [0, 0.1) is 5.92 Å². The summed E-state index contributed by atoms with van der Waals surface area (Å²) in [5, 5.41) is 6.32. The molecule has 21 heavy (non-hydrogen) atoms. The number of anilines is 1. The number of para-hydroxylation sites is 2. The average Bonchev–Trinajstić information content (AvgIpc) is 3.14. The van der Waals surface area contributed by atoms with Crippen LogP contribution in [0.3, 0.4) is 0 Å². The van der Waals surface area contributed by atoms with Gasteiger partial charge >= 0.3 is 0 Å². The zero-order chi connectivity index (χ0) is 13.8. The van der Waals surface area contributed by atoms with Gasteiger partial charge in [0.2, 0.25) is 5.91 Å². The molecule has 1 aromatic rings. The number of amides is 1. The van der Waals surface area contributed by atoms with E-state index in [0.29, 0.717) is 18.4 Å². The van der Waals surface area contributed by atoms with E-state index < -0.39 is 0 Å². The number of nitrogens with one attached hydrogen (secondary N) is 2. The van der Waals surface area contributed by atoms with Gasteiger partial charge in [-0.1, -0.05) is 12.1 Å². The summed E-state index contributed by atoms with van der Waals surface area (Å²) in [6.07, 6.45) is 5.33. The fourth-order valence-electron chi connectivity index (χ4n) is 2.54. The third kappa shape index (κ3) is 4.90. The Bertz CT molecular complexity index is 471. The molecule has 1 heterocycles. The van der Waals surface area contributed by atoms with Crippen molar-refractivity contribution in [3.63, 3.8) is 0 Å². The molecular formula is C16H23ClN2O2. The van der Waals surface area contributed by atoms with Crippen molar-refractivity contribution in [1.29, 1.82) is 0 Å². The van der Waals surface area contributed by atoms with E-state index in [1.54, 1.807) is 0 Å². The highest BCUT2D eigenvalue weighted by Crippen LogP contribution is 2.31. The third-order valence-electron chi connectivity index (χ3n) is 3.93. The van der Waals surface area contributed by atoms with Crippen LogP contribution in [-0.4, -0.2) is 25.1 Å². The molecule has 116 valence electrons. The minimum Gasteiger partial charge on any atom is -0.491 e. The molecular weight excluding hydrogens is 288 g/mol. The minimum absolute atomic E-state index is 0. The van der Waals surface area contributed by atoms with Crippen molar-refractivity contribution in [1.82, 2.24) is 5.32 Å². The Hall–Kier alpha value is -1.26. The summed E-state index contributed by atoms with van der Waals surface area (Å²) in [6, 6.07) is 8.02. The van der Waals surface area contributed by atoms with E-state index in [9.17, 15) is 4.79 Å². The van der Waals surface area contributed by atoms with E-state index in [-0.39, 0.29) is 18.3 Å². The van der Waals surface area contributed by atoms with Gasteiger partial charge in [0, 0.05) is 12.5 Å². The van der Waals surface area contributed by atoms with Gasteiger partial charge in [-0.15, -0.1) is 12.4 Å². The summed E-state index contributed by atoms with van der Waals surface area (Å²) < 4.78 is 5.80. The van der Waals surface area contributed by atoms with Crippen molar-refractivity contribution in [2.24, 2.45) is 5.92 Å². The smallest absolute Gasteiger partial charge is 0.226 e. The first-order valence-corrected chi connectivity index (χ1v) is 7.56. The predicted molar refractivity (Wildman–Crippen MR) is 86.2 cm³/mol. The van der Waals surface area contributed by atoms with E-state index >= 15 is 0 Å². The van der Waals surface area contributed by atoms with Crippen LogP contribution >= 0.6 is 12.4 Å². The lowest BCUT2D eigenvalue weighted by molar-refractivity contribution is -0.116. The SMILES string of the molecule is Cl.O=C(CC1CCCN1)Nc1ccccc1OCC1CC1. The molecule has 0 aromatic heterocycles. The van der Waals surface area contributed by atoms with Crippen molar-refractivity contribution < 1.29 is 9.53 Å². The van der Waals surface area contributed by atoms with Gasteiger partial charge in [-0.25, -0.2) is 0 Å². The highest BCUT2D eigenvalue weighted by Gasteiger charge is 2.23. The van der Waals surface area contributed by atoms with E-state index in [0.717, 1.165) is 31.0 Å². The number of ether oxygens (including phenoxy) is 1. The fourth-order valence-corrected chi connectivity index (χ4v) is 2.54. The normalized spacial score (nSPS) is 20.7. The summed E-state index contributed by atoms with van der Waals surface area (Å²) >= 11 is 0. The molecule has 1 atom stereocenters. The van der Waals surface area contributed by atoms with Gasteiger partial charge in [0.1, 0.15) is 5.75 Å². The first kappa shape index (κ1) is 16.1. The Morgan fingerprint density at radius 3 is 2.81 bits per heavy atom. The summed E-state index contributed by atoms with van der Waals surface area (Å²) in [5.41, 5.74) is 0.788. The Kier molecular flexibility index (Phi) is 5.88. The summed E-state index contributed by atoms with van der Waals surface area (Å²) in [5.74, 6) is 1.56. The number of hydrogen-bond donors (Lipinski definition) is 2. The first-order chi connectivity index (χ1) is 9.81. The summed E-state index contributed by atoms with van der Waals surface area (Å²) in [6.45, 7) is 1.79. The van der Waals surface area contributed by atoms with Crippen LogP contribution in [0.2, 0.25) is 0 Å². The lowest BCUT2D eigenvalue weighted by Gasteiger charge is -2.14. The topological polar surface area (TPSA) is 50.4 Å². The molecule has 0 radical (unpaired) electrons. The fraction of sp³-hybridized carbons (Fsp3) is 0.562. The van der Waals surface area contributed by atoms with Crippen LogP contribution in [0.5, 0.6) is 5.75 Å². The van der Waals surface area contributed by atoms with Crippen molar-refractivity contribution in [2.45, 2.75) is 38.1 Å². The minimum atomic E-state index is 0. The maximum atomic E-state index is 12.1. The Labute approximate surface area is 132 Å². The van der Waals surface area contributed by atoms with Crippen molar-refractivity contribution in [3.8, 4) is 5.75 Å². The largest absolute Gasteiger partial charge is 0.491 e. The molecule has 2 N–H and O–H groups in total. The molecule has 1 saturated heterocycles. The molecule has 1 aliphatic carbocycles. The molecule has 0 spiro atoms. The standard InChI is InChI=1S/C16H22N2O2.ClH/c19-16(10-13-4-3-9-17-13)18-14-5-1-2-6-15(14)20-11-12-7-8-12;/h1-2,5-6,12-13,17H,3-4,7-11H2,(H,18,19);1H. The van der Waals surface area contributed by atoms with Crippen molar-refractivity contribution in [3.05, 3.63) is 24.3 Å². The van der Waals surface area contributed by atoms with Gasteiger partial charge < -0.3 is 15.4 Å². The summed E-state index contributed by atoms with van der Waals surface area (Å²) in [4.78, 5) is 12.1. The van der Waals surface area contributed by atoms with Crippen LogP contribution < -0.4 is 15.4 Å². The quantitative estimate of drug-likeness (QED) is 0.849. The molecule has 5 heteroatoms. The maximum Gasteiger partial charge on any atom is 0.226 e. The van der Waals surface area contributed by atoms with Gasteiger partial charge in [0.05, 0.1) is 12.3 Å². The van der Waals surface area contributed by atoms with Crippen LogP contribution in [0.4, 0.5) is 5.69 Å². The number of rotatable bonds is 6. The molecule has 1 saturated carbocycles. The van der Waals surface area contributed by atoms with E-state index in [1.807, 2.05) is 24.3 Å². The van der Waals surface area contributed by atoms with E-state index in [4.69, 9.17) is 4.74 Å². The monoisotopic (exact) mass is 310 g/mol. The maximum absolute atomic E-state index is 12.1. The number of benzene rings is 1. The molecule has 1 aliphatic heterocycles. The predicted octanol–water partition coefficient (Wildman–Crippen LogP) is 2.98. The second-order valence-electron chi connectivity index (χ2n) is 5.80. The molecule has 1 amide bonds. The van der Waals surface area contributed by atoms with Crippen LogP contribution in [0.25, 0.3) is 0 Å². The molecule has 1 aromatic carbocycles. The Morgan fingerprint density at radius 2 is 2.10 bits per heavy atom. The second-order valence-corrected chi connectivity index (χ2v) is 5.80. The Morgan fingerprint density at radius 1 is 1.29 bits per heavy atom. The number of carbonyl (C=O) groups excluding carboxylic acids is 1. The zero-order valence-electron chi connectivity index (χ0n) is 12.1. The van der Waals surface area contributed by atoms with Gasteiger partial charge in [0.25, 0.3) is 0 Å². The van der Waals surface area contributed by atoms with Gasteiger partial charge in [-0.3, -0.25) is 4.79 Å².